The van der Waals surface area contributed by atoms with E-state index in [-0.39, 0.29) is 6.10 Å². The van der Waals surface area contributed by atoms with Crippen LogP contribution in [0.1, 0.15) is 58.3 Å². The molecular weight excluding hydrogens is 172 g/mol. The Balaban J connectivity index is 1.87. The van der Waals surface area contributed by atoms with E-state index in [1.807, 2.05) is 6.08 Å². The van der Waals surface area contributed by atoms with E-state index < -0.39 is 0 Å². The lowest BCUT2D eigenvalue weighted by Gasteiger charge is -2.07. The third-order valence-electron chi connectivity index (χ3n) is 3.08. The van der Waals surface area contributed by atoms with E-state index in [1.54, 1.807) is 0 Å². The summed E-state index contributed by atoms with van der Waals surface area (Å²) in [5.74, 6) is 0.663. The Labute approximate surface area is 88.2 Å². The first-order chi connectivity index (χ1) is 6.83. The molecule has 0 aromatic carbocycles. The molecule has 82 valence electrons. The van der Waals surface area contributed by atoms with Gasteiger partial charge in [-0.1, -0.05) is 57.6 Å². The molecular formula is C13H24O. The molecule has 0 aromatic rings. The summed E-state index contributed by atoms with van der Waals surface area (Å²) in [6.45, 7) is 2.25. The third kappa shape index (κ3) is 4.80. The number of unbranched alkanes of at least 4 members (excludes halogenated alkanes) is 5. The fourth-order valence-corrected chi connectivity index (χ4v) is 2.15. The summed E-state index contributed by atoms with van der Waals surface area (Å²) in [7, 11) is 0. The first-order valence-electron chi connectivity index (χ1n) is 6.19. The second kappa shape index (κ2) is 7.05. The SMILES string of the molecule is CCCCCCCC[C@@H]1C=CC(O)C1. The number of allylic oxidation sites excluding steroid dienone is 1. The zero-order chi connectivity index (χ0) is 10.2. The zero-order valence-corrected chi connectivity index (χ0v) is 9.41. The Morgan fingerprint density at radius 2 is 1.79 bits per heavy atom. The lowest BCUT2D eigenvalue weighted by Crippen LogP contribution is -2.01. The van der Waals surface area contributed by atoms with E-state index in [0.717, 1.165) is 6.42 Å². The molecule has 1 aliphatic rings. The molecule has 0 heterocycles. The van der Waals surface area contributed by atoms with Gasteiger partial charge in [0.25, 0.3) is 0 Å². The number of aliphatic hydroxyl groups excluding tert-OH is 1. The van der Waals surface area contributed by atoms with Crippen molar-refractivity contribution in [1.29, 1.82) is 0 Å². The zero-order valence-electron chi connectivity index (χ0n) is 9.41. The molecule has 1 rings (SSSR count). The van der Waals surface area contributed by atoms with Crippen molar-refractivity contribution in [1.82, 2.24) is 0 Å². The van der Waals surface area contributed by atoms with Crippen molar-refractivity contribution in [2.45, 2.75) is 64.4 Å². The third-order valence-corrected chi connectivity index (χ3v) is 3.08. The molecule has 14 heavy (non-hydrogen) atoms. The van der Waals surface area contributed by atoms with E-state index in [9.17, 15) is 5.11 Å². The van der Waals surface area contributed by atoms with Crippen LogP contribution < -0.4 is 0 Å². The molecule has 0 amide bonds. The van der Waals surface area contributed by atoms with E-state index in [0.29, 0.717) is 5.92 Å². The summed E-state index contributed by atoms with van der Waals surface area (Å²) in [6.07, 6.45) is 14.5. The quantitative estimate of drug-likeness (QED) is 0.486. The van der Waals surface area contributed by atoms with Crippen molar-refractivity contribution < 1.29 is 5.11 Å². The highest BCUT2D eigenvalue weighted by molar-refractivity contribution is 5.02. The monoisotopic (exact) mass is 196 g/mol. The van der Waals surface area contributed by atoms with Crippen molar-refractivity contribution in [3.63, 3.8) is 0 Å². The van der Waals surface area contributed by atoms with Gasteiger partial charge in [0.15, 0.2) is 0 Å². The molecule has 0 fully saturated rings. The summed E-state index contributed by atoms with van der Waals surface area (Å²) in [4.78, 5) is 0. The van der Waals surface area contributed by atoms with Gasteiger partial charge in [0.2, 0.25) is 0 Å². The van der Waals surface area contributed by atoms with Crippen LogP contribution in [-0.2, 0) is 0 Å². The van der Waals surface area contributed by atoms with Crippen LogP contribution in [0, 0.1) is 5.92 Å². The average Bonchev–Trinajstić information content (AvgIpc) is 2.58. The smallest absolute Gasteiger partial charge is 0.0726 e. The maximum absolute atomic E-state index is 9.29. The molecule has 0 bridgehead atoms. The Kier molecular flexibility index (Phi) is 5.93. The van der Waals surface area contributed by atoms with E-state index in [2.05, 4.69) is 13.0 Å². The summed E-state index contributed by atoms with van der Waals surface area (Å²) in [5, 5.41) is 9.29. The standard InChI is InChI=1S/C13H24O/c1-2-3-4-5-6-7-8-12-9-10-13(14)11-12/h9-10,12-14H,2-8,11H2,1H3/t12-,13?/m1/s1. The molecule has 0 spiro atoms. The van der Waals surface area contributed by atoms with Crippen molar-refractivity contribution in [2.24, 2.45) is 5.92 Å². The number of hydrogen-bond donors (Lipinski definition) is 1. The van der Waals surface area contributed by atoms with Gasteiger partial charge in [0.1, 0.15) is 0 Å². The Bertz CT molecular complexity index is 163. The summed E-state index contributed by atoms with van der Waals surface area (Å²) in [5.41, 5.74) is 0. The minimum atomic E-state index is -0.153. The maximum atomic E-state index is 9.29. The van der Waals surface area contributed by atoms with Gasteiger partial charge in [0, 0.05) is 0 Å². The minimum absolute atomic E-state index is 0.153. The van der Waals surface area contributed by atoms with Gasteiger partial charge in [-0.25, -0.2) is 0 Å². The largest absolute Gasteiger partial charge is 0.389 e. The Morgan fingerprint density at radius 1 is 1.07 bits per heavy atom. The lowest BCUT2D eigenvalue weighted by molar-refractivity contribution is 0.207. The van der Waals surface area contributed by atoms with E-state index in [4.69, 9.17) is 0 Å². The van der Waals surface area contributed by atoms with Crippen LogP contribution in [0.15, 0.2) is 12.2 Å². The van der Waals surface area contributed by atoms with Crippen molar-refractivity contribution in [3.8, 4) is 0 Å². The van der Waals surface area contributed by atoms with Crippen molar-refractivity contribution in [2.75, 3.05) is 0 Å². The van der Waals surface area contributed by atoms with Crippen molar-refractivity contribution in [3.05, 3.63) is 12.2 Å². The molecule has 0 aliphatic heterocycles. The van der Waals surface area contributed by atoms with E-state index in [1.165, 1.54) is 44.9 Å². The molecule has 0 saturated carbocycles. The van der Waals surface area contributed by atoms with Gasteiger partial charge >= 0.3 is 0 Å². The van der Waals surface area contributed by atoms with Gasteiger partial charge in [-0.15, -0.1) is 0 Å². The number of aliphatic hydroxyl groups is 1. The Hall–Kier alpha value is -0.300. The lowest BCUT2D eigenvalue weighted by atomic mass is 9.99. The highest BCUT2D eigenvalue weighted by Crippen LogP contribution is 2.23. The normalized spacial score (nSPS) is 25.9. The minimum Gasteiger partial charge on any atom is -0.389 e. The second-order valence-corrected chi connectivity index (χ2v) is 4.50. The number of rotatable bonds is 7. The average molecular weight is 196 g/mol. The van der Waals surface area contributed by atoms with Gasteiger partial charge in [-0.05, 0) is 18.8 Å². The Morgan fingerprint density at radius 3 is 2.43 bits per heavy atom. The van der Waals surface area contributed by atoms with Crippen LogP contribution in [0.25, 0.3) is 0 Å². The van der Waals surface area contributed by atoms with Gasteiger partial charge in [-0.3, -0.25) is 0 Å². The fraction of sp³-hybridized carbons (Fsp3) is 0.846. The summed E-state index contributed by atoms with van der Waals surface area (Å²) >= 11 is 0. The molecule has 1 N–H and O–H groups in total. The molecule has 0 saturated heterocycles. The molecule has 0 radical (unpaired) electrons. The maximum Gasteiger partial charge on any atom is 0.0726 e. The molecule has 1 aliphatic carbocycles. The van der Waals surface area contributed by atoms with Crippen LogP contribution >= 0.6 is 0 Å². The predicted molar refractivity (Wildman–Crippen MR) is 61.2 cm³/mol. The van der Waals surface area contributed by atoms with Crippen LogP contribution in [0.5, 0.6) is 0 Å². The highest BCUT2D eigenvalue weighted by Gasteiger charge is 2.15. The van der Waals surface area contributed by atoms with Crippen LogP contribution in [0.4, 0.5) is 0 Å². The van der Waals surface area contributed by atoms with Gasteiger partial charge in [-0.2, -0.15) is 0 Å². The molecule has 1 nitrogen and oxygen atoms in total. The predicted octanol–water partition coefficient (Wildman–Crippen LogP) is 3.67. The highest BCUT2D eigenvalue weighted by atomic mass is 16.3. The van der Waals surface area contributed by atoms with Gasteiger partial charge in [0.05, 0.1) is 6.10 Å². The van der Waals surface area contributed by atoms with Crippen LogP contribution in [0.2, 0.25) is 0 Å². The topological polar surface area (TPSA) is 20.2 Å². The van der Waals surface area contributed by atoms with Crippen molar-refractivity contribution >= 4 is 0 Å². The molecule has 1 unspecified atom stereocenters. The van der Waals surface area contributed by atoms with Gasteiger partial charge < -0.3 is 5.11 Å². The first-order valence-corrected chi connectivity index (χ1v) is 6.19. The number of hydrogen-bond acceptors (Lipinski definition) is 1. The van der Waals surface area contributed by atoms with E-state index >= 15 is 0 Å². The molecule has 2 atom stereocenters. The first kappa shape index (κ1) is 11.8. The molecule has 0 aromatic heterocycles. The summed E-state index contributed by atoms with van der Waals surface area (Å²) < 4.78 is 0. The second-order valence-electron chi connectivity index (χ2n) is 4.50. The molecule has 1 heteroatoms. The van der Waals surface area contributed by atoms with Crippen LogP contribution in [-0.4, -0.2) is 11.2 Å². The fourth-order valence-electron chi connectivity index (χ4n) is 2.15. The van der Waals surface area contributed by atoms with Crippen LogP contribution in [0.3, 0.4) is 0 Å². The summed E-state index contributed by atoms with van der Waals surface area (Å²) in [6, 6.07) is 0.